The number of para-hydroxylation sites is 3. The van der Waals surface area contributed by atoms with Crippen LogP contribution in [-0.4, -0.2) is 247 Å². The SMILES string of the molecule is N=C(N)NCCC[C@H](NC(=O)[C@H](CCCNC(=N)N)NC(=O)[C@H](CCCNC(=N)N)NC(=O)[C@H](CCCNC(=N)N)NC(=O)[C@H](CCCNC(=N)N)NC(=O)CNC(=O)CNC(=O)[C@H](Cc1c[nH]c2ccccc12)NC(=O)[C@H](CCCNC(=N)N)NC(=O)[C@H](Cc1c[nH]c2ccccc12)NC(=O)[C@H](CCCNC(=N)N)NC(=O)[C@@H](N)Cc1c[nH]c2ccccc12)C(N)=O. The Morgan fingerprint density at radius 2 is 0.500 bits per heavy atom. The highest BCUT2D eigenvalue weighted by Gasteiger charge is 2.36. The van der Waals surface area contributed by atoms with Gasteiger partial charge in [0.05, 0.1) is 19.1 Å². The fourth-order valence-electron chi connectivity index (χ4n) is 13.7. The van der Waals surface area contributed by atoms with E-state index in [-0.39, 0.29) is 173 Å². The second-order valence-electron chi connectivity index (χ2n) is 30.2. The lowest BCUT2D eigenvalue weighted by Gasteiger charge is -2.27. The van der Waals surface area contributed by atoms with E-state index in [9.17, 15) is 47.9 Å². The van der Waals surface area contributed by atoms with Crippen molar-refractivity contribution in [3.05, 3.63) is 108 Å². The van der Waals surface area contributed by atoms with Crippen molar-refractivity contribution in [1.82, 2.24) is 111 Å². The van der Waals surface area contributed by atoms with Gasteiger partial charge >= 0.3 is 0 Å². The van der Waals surface area contributed by atoms with Gasteiger partial charge in [0, 0.05) is 110 Å². The van der Waals surface area contributed by atoms with E-state index in [1.54, 1.807) is 67.1 Å². The molecule has 49 nitrogen and oxygen atoms in total. The summed E-state index contributed by atoms with van der Waals surface area (Å²) in [6, 6.07) is 7.40. The third-order valence-corrected chi connectivity index (χ3v) is 20.2. The molecule has 0 fully saturated rings. The van der Waals surface area contributed by atoms with E-state index in [0.717, 1.165) is 16.5 Å². The summed E-state index contributed by atoms with van der Waals surface area (Å²) in [5.41, 5.74) is 54.9. The molecule has 0 spiro atoms. The number of amides is 12. The number of hydrogen-bond donors (Lipinski definition) is 37. The summed E-state index contributed by atoms with van der Waals surface area (Å²) in [6.07, 6.45) is 4.47. The van der Waals surface area contributed by atoms with Gasteiger partial charge in [-0.15, -0.1) is 0 Å². The van der Waals surface area contributed by atoms with Crippen LogP contribution in [0.25, 0.3) is 32.7 Å². The zero-order chi connectivity index (χ0) is 93.8. The van der Waals surface area contributed by atoms with Crippen LogP contribution in [0.3, 0.4) is 0 Å². The van der Waals surface area contributed by atoms with Gasteiger partial charge in [-0.05, 0) is 131 Å². The summed E-state index contributed by atoms with van der Waals surface area (Å²) in [5, 5.41) is 103. The molecule has 0 saturated heterocycles. The van der Waals surface area contributed by atoms with E-state index in [1.807, 2.05) is 24.3 Å². The number of benzene rings is 3. The van der Waals surface area contributed by atoms with Crippen molar-refractivity contribution in [2.24, 2.45) is 51.6 Å². The second-order valence-corrected chi connectivity index (χ2v) is 30.2. The number of nitrogens with two attached hydrogens (primary N) is 9. The molecule has 0 aliphatic carbocycles. The number of primary amides is 1. The normalized spacial score (nSPS) is 13.3. The lowest BCUT2D eigenvalue weighted by molar-refractivity contribution is -0.135. The van der Waals surface area contributed by atoms with Crippen molar-refractivity contribution in [1.29, 1.82) is 37.9 Å². The van der Waals surface area contributed by atoms with Gasteiger partial charge in [-0.2, -0.15) is 0 Å². The van der Waals surface area contributed by atoms with Gasteiger partial charge in [0.25, 0.3) is 0 Å². The van der Waals surface area contributed by atoms with Crippen molar-refractivity contribution in [2.45, 2.75) is 170 Å². The molecule has 0 unspecified atom stereocenters. The molecule has 0 aliphatic rings. The van der Waals surface area contributed by atoms with Crippen LogP contribution in [0.2, 0.25) is 0 Å². The molecule has 10 atom stereocenters. The van der Waals surface area contributed by atoms with Crippen molar-refractivity contribution in [2.75, 3.05) is 58.9 Å². The Morgan fingerprint density at radius 3 is 0.797 bits per heavy atom. The van der Waals surface area contributed by atoms with E-state index >= 15 is 9.59 Å². The molecule has 3 aromatic heterocycles. The van der Waals surface area contributed by atoms with Gasteiger partial charge in [0.1, 0.15) is 54.4 Å². The topological polar surface area (TPSA) is 870 Å². The number of aromatic nitrogens is 3. The van der Waals surface area contributed by atoms with Gasteiger partial charge in [-0.1, -0.05) is 54.6 Å². The summed E-state index contributed by atoms with van der Waals surface area (Å²) in [7, 11) is 0. The van der Waals surface area contributed by atoms with E-state index in [2.05, 4.69) is 111 Å². The van der Waals surface area contributed by atoms with E-state index in [1.165, 1.54) is 0 Å². The van der Waals surface area contributed by atoms with Crippen LogP contribution in [0.5, 0.6) is 0 Å². The molecule has 49 heteroatoms. The smallest absolute Gasteiger partial charge is 0.243 e. The Morgan fingerprint density at radius 1 is 0.266 bits per heavy atom. The molecular weight excluding hydrogens is 1660 g/mol. The second kappa shape index (κ2) is 53.1. The number of carbonyl (C=O) groups excluding carboxylic acids is 12. The average Bonchev–Trinajstić information content (AvgIpc) is 1.81. The summed E-state index contributed by atoms with van der Waals surface area (Å²) in [4.78, 5) is 182. The highest BCUT2D eigenvalue weighted by molar-refractivity contribution is 6.00. The molecule has 0 bridgehead atoms. The van der Waals surface area contributed by atoms with Gasteiger partial charge in [-0.3, -0.25) is 95.4 Å². The first-order valence-corrected chi connectivity index (χ1v) is 41.6. The Balaban J connectivity index is 1.22. The third-order valence-electron chi connectivity index (χ3n) is 20.2. The number of fused-ring (bicyclic) bond motifs is 3. The predicted molar refractivity (Wildman–Crippen MR) is 481 cm³/mol. The van der Waals surface area contributed by atoms with Crippen LogP contribution >= 0.6 is 0 Å². The van der Waals surface area contributed by atoms with Crippen LogP contribution in [0.1, 0.15) is 107 Å². The molecule has 6 aromatic rings. The fraction of sp³-hybridized carbons (Fsp3) is 0.456. The molecule has 128 heavy (non-hydrogen) atoms. The fourth-order valence-corrected chi connectivity index (χ4v) is 13.7. The number of hydrogen-bond acceptors (Lipinski definition) is 20. The predicted octanol–water partition coefficient (Wildman–Crippen LogP) is -7.59. The lowest BCUT2D eigenvalue weighted by Crippen LogP contribution is -2.59. The van der Waals surface area contributed by atoms with E-state index in [4.69, 9.17) is 89.5 Å². The summed E-state index contributed by atoms with van der Waals surface area (Å²) >= 11 is 0. The molecule has 12 amide bonds. The zero-order valence-electron chi connectivity index (χ0n) is 70.9. The standard InChI is InChI=1S/C79H123N37O12/c80-48(34-42-37-103-49-17-4-1-14-45(42)49)64(120)110-54(22-9-29-98-75(86)87)70(126)116-60(36-44-39-105-51-19-6-3-16-47(44)51)72(128)114-58(26-13-33-102-79(94)95)71(127)115-59(35-43-38-104-50-18-5-2-15-46(43)50)65(121)107-40-61(117)106-41-62(118)108-53(21-8-28-97-74(84)85)66(122)111-56(24-11-31-100-77(90)91)68(124)113-57(25-12-32-101-78(92)93)69(125)112-55(23-10-30-99-76(88)89)67(123)109-52(63(81)119)20-7-27-96-73(82)83/h1-6,14-19,37-39,48,52-60,103-105H,7-13,20-36,40-41,80H2,(H2,81,119)(H,106,117)(H,107,121)(H,108,118)(H,109,123)(H,110,120)(H,111,122)(H,112,125)(H,113,124)(H,114,128)(H,115,127)(H,116,126)(H4,82,83,96)(H4,84,85,97)(H4,86,87,98)(H4,88,89,99)(H4,90,91,100)(H4,92,93,101)(H4,94,95,102)/t48-,52-,53-,54-,55-,56-,57-,58-,59-,60-/m0/s1. The Labute approximate surface area is 736 Å². The van der Waals surface area contributed by atoms with Crippen LogP contribution in [0, 0.1) is 37.9 Å². The van der Waals surface area contributed by atoms with E-state index in [0.29, 0.717) is 32.9 Å². The maximum Gasteiger partial charge on any atom is 0.243 e. The maximum absolute atomic E-state index is 15.2. The van der Waals surface area contributed by atoms with Crippen LogP contribution in [0.4, 0.5) is 0 Å². The number of nitrogens with one attached hydrogen (secondary N) is 28. The van der Waals surface area contributed by atoms with Crippen LogP contribution in [-0.2, 0) is 76.8 Å². The van der Waals surface area contributed by atoms with Gasteiger partial charge in [0.2, 0.25) is 70.9 Å². The quantitative estimate of drug-likeness (QED) is 0.00958. The third kappa shape index (κ3) is 36.3. The number of H-pyrrole nitrogens is 3. The first-order chi connectivity index (χ1) is 61.0. The Hall–Kier alpha value is -15.2. The molecule has 696 valence electrons. The molecule has 3 heterocycles. The maximum atomic E-state index is 15.2. The molecule has 0 aliphatic heterocycles. The van der Waals surface area contributed by atoms with Crippen molar-refractivity contribution in [3.8, 4) is 0 Å². The lowest BCUT2D eigenvalue weighted by atomic mass is 10.0. The minimum atomic E-state index is -1.54. The average molecular weight is 1780 g/mol. The monoisotopic (exact) mass is 1780 g/mol. The Kier molecular flexibility index (Phi) is 42.1. The molecule has 3 aromatic carbocycles. The molecular formula is C79H123N37O12. The van der Waals surface area contributed by atoms with Gasteiger partial charge in [-0.25, -0.2) is 0 Å². The zero-order valence-corrected chi connectivity index (χ0v) is 70.9. The van der Waals surface area contributed by atoms with Crippen molar-refractivity contribution < 1.29 is 57.5 Å². The molecule has 0 saturated carbocycles. The number of carbonyl (C=O) groups is 12. The van der Waals surface area contributed by atoms with Gasteiger partial charge in [0.15, 0.2) is 41.7 Å². The molecule has 0 radical (unpaired) electrons. The number of guanidine groups is 7. The summed E-state index contributed by atoms with van der Waals surface area (Å²) in [6.45, 7) is -1.32. The van der Waals surface area contributed by atoms with Crippen LogP contribution in [0.15, 0.2) is 91.4 Å². The molecule has 46 N–H and O–H groups in total. The summed E-state index contributed by atoms with van der Waals surface area (Å²) < 4.78 is 0. The van der Waals surface area contributed by atoms with Crippen molar-refractivity contribution in [3.63, 3.8) is 0 Å². The minimum absolute atomic E-state index is 0.00269. The van der Waals surface area contributed by atoms with Gasteiger partial charge < -0.3 is 162 Å². The highest BCUT2D eigenvalue weighted by atomic mass is 16.2. The highest BCUT2D eigenvalue weighted by Crippen LogP contribution is 2.23. The van der Waals surface area contributed by atoms with E-state index < -0.39 is 168 Å². The minimum Gasteiger partial charge on any atom is -0.370 e. The first-order valence-electron chi connectivity index (χ1n) is 41.6. The first kappa shape index (κ1) is 102. The number of rotatable bonds is 57. The Bertz CT molecular complexity index is 4850. The number of aromatic amines is 3. The molecule has 6 rings (SSSR count). The van der Waals surface area contributed by atoms with Crippen LogP contribution < -0.4 is 147 Å². The summed E-state index contributed by atoms with van der Waals surface area (Å²) in [5.74, 6) is -13.6. The van der Waals surface area contributed by atoms with Crippen molar-refractivity contribution >= 4 is 145 Å². The largest absolute Gasteiger partial charge is 0.370 e.